The fraction of sp³-hybridized carbons (Fsp3) is 0.300. The summed E-state index contributed by atoms with van der Waals surface area (Å²) in [7, 11) is 0. The maximum atomic E-state index is 13.2. The molecule has 1 aliphatic heterocycles. The van der Waals surface area contributed by atoms with E-state index in [1.165, 1.54) is 6.07 Å². The molecule has 0 atom stereocenters. The van der Waals surface area contributed by atoms with E-state index in [4.69, 9.17) is 23.2 Å². The zero-order chi connectivity index (χ0) is 21.9. The Hall–Kier alpha value is -2.29. The molecule has 1 aliphatic rings. The van der Waals surface area contributed by atoms with Gasteiger partial charge in [0.25, 0.3) is 5.91 Å². The highest BCUT2D eigenvalue weighted by atomic mass is 35.5. The monoisotopic (exact) mass is 459 g/mol. The van der Waals surface area contributed by atoms with Gasteiger partial charge in [0.15, 0.2) is 0 Å². The van der Waals surface area contributed by atoms with Gasteiger partial charge in [0.05, 0.1) is 28.4 Å². The van der Waals surface area contributed by atoms with Crippen molar-refractivity contribution in [3.63, 3.8) is 0 Å². The second-order valence-corrected chi connectivity index (χ2v) is 7.63. The Morgan fingerprint density at radius 3 is 2.30 bits per heavy atom. The van der Waals surface area contributed by atoms with E-state index in [0.717, 1.165) is 12.1 Å². The summed E-state index contributed by atoms with van der Waals surface area (Å²) in [4.78, 5) is 28.3. The van der Waals surface area contributed by atoms with E-state index in [-0.39, 0.29) is 23.2 Å². The van der Waals surface area contributed by atoms with Crippen LogP contribution in [0.15, 0.2) is 42.5 Å². The van der Waals surface area contributed by atoms with Crippen LogP contribution in [0.4, 0.5) is 18.9 Å². The minimum Gasteiger partial charge on any atom is -0.336 e. The lowest BCUT2D eigenvalue weighted by molar-refractivity contribution is -0.137. The summed E-state index contributed by atoms with van der Waals surface area (Å²) in [6.45, 7) is 1.50. The highest BCUT2D eigenvalue weighted by molar-refractivity contribution is 6.33. The van der Waals surface area contributed by atoms with Crippen molar-refractivity contribution in [2.24, 2.45) is 0 Å². The lowest BCUT2D eigenvalue weighted by atomic mass is 10.1. The summed E-state index contributed by atoms with van der Waals surface area (Å²) in [6, 6.07) is 9.94. The SMILES string of the molecule is O=C(CN1CCN(C(=O)c2ccccc2Cl)CC1)Nc1ccc(Cl)cc1C(F)(F)F. The number of benzene rings is 2. The Labute approximate surface area is 181 Å². The molecule has 160 valence electrons. The molecule has 0 unspecified atom stereocenters. The van der Waals surface area contributed by atoms with Crippen molar-refractivity contribution in [2.75, 3.05) is 38.0 Å². The van der Waals surface area contributed by atoms with Gasteiger partial charge in [0.2, 0.25) is 5.91 Å². The number of carbonyl (C=O) groups is 2. The predicted molar refractivity (Wildman–Crippen MR) is 109 cm³/mol. The lowest BCUT2D eigenvalue weighted by Crippen LogP contribution is -2.50. The van der Waals surface area contributed by atoms with Crippen LogP contribution in [0.1, 0.15) is 15.9 Å². The molecule has 0 aromatic heterocycles. The number of piperazine rings is 1. The van der Waals surface area contributed by atoms with Crippen LogP contribution in [-0.4, -0.2) is 54.3 Å². The molecule has 2 aromatic carbocycles. The standard InChI is InChI=1S/C20H18Cl2F3N3O2/c21-13-5-6-17(15(11-13)20(23,24)25)26-18(29)12-27-7-9-28(10-8-27)19(30)14-3-1-2-4-16(14)22/h1-6,11H,7-10,12H2,(H,26,29). The van der Waals surface area contributed by atoms with Crippen molar-refractivity contribution in [3.05, 3.63) is 63.6 Å². The van der Waals surface area contributed by atoms with Gasteiger partial charge in [0.1, 0.15) is 0 Å². The number of halogens is 5. The van der Waals surface area contributed by atoms with Crippen LogP contribution in [0.2, 0.25) is 10.0 Å². The van der Waals surface area contributed by atoms with Crippen LogP contribution in [-0.2, 0) is 11.0 Å². The molecule has 1 N–H and O–H groups in total. The summed E-state index contributed by atoms with van der Waals surface area (Å²) < 4.78 is 39.5. The minimum absolute atomic E-state index is 0.0698. The average molecular weight is 460 g/mol. The largest absolute Gasteiger partial charge is 0.418 e. The molecule has 0 spiro atoms. The van der Waals surface area contributed by atoms with E-state index < -0.39 is 17.6 Å². The first-order valence-corrected chi connectivity index (χ1v) is 9.83. The number of alkyl halides is 3. The molecular weight excluding hydrogens is 442 g/mol. The van der Waals surface area contributed by atoms with Gasteiger partial charge >= 0.3 is 6.18 Å². The summed E-state index contributed by atoms with van der Waals surface area (Å²) in [5.41, 5.74) is -0.935. The summed E-state index contributed by atoms with van der Waals surface area (Å²) in [6.07, 6.45) is -4.64. The number of carbonyl (C=O) groups excluding carboxylic acids is 2. The van der Waals surface area contributed by atoms with E-state index in [9.17, 15) is 22.8 Å². The van der Waals surface area contributed by atoms with Crippen molar-refractivity contribution in [3.8, 4) is 0 Å². The third-order valence-electron chi connectivity index (χ3n) is 4.69. The van der Waals surface area contributed by atoms with Crippen molar-refractivity contribution in [1.82, 2.24) is 9.80 Å². The van der Waals surface area contributed by atoms with Gasteiger partial charge in [-0.3, -0.25) is 14.5 Å². The number of nitrogens with zero attached hydrogens (tertiary/aromatic N) is 2. The molecule has 1 saturated heterocycles. The molecular formula is C20H18Cl2F3N3O2. The van der Waals surface area contributed by atoms with Crippen LogP contribution >= 0.6 is 23.2 Å². The summed E-state index contributed by atoms with van der Waals surface area (Å²) in [5, 5.41) is 2.60. The molecule has 0 bridgehead atoms. The quantitative estimate of drug-likeness (QED) is 0.736. The van der Waals surface area contributed by atoms with E-state index in [1.807, 2.05) is 0 Å². The summed E-state index contributed by atoms with van der Waals surface area (Å²) >= 11 is 11.7. The smallest absolute Gasteiger partial charge is 0.336 e. The first-order valence-electron chi connectivity index (χ1n) is 9.08. The van der Waals surface area contributed by atoms with E-state index in [0.29, 0.717) is 36.8 Å². The van der Waals surface area contributed by atoms with Gasteiger partial charge < -0.3 is 10.2 Å². The lowest BCUT2D eigenvalue weighted by Gasteiger charge is -2.34. The molecule has 30 heavy (non-hydrogen) atoms. The van der Waals surface area contributed by atoms with Gasteiger partial charge in [-0.25, -0.2) is 0 Å². The van der Waals surface area contributed by atoms with Crippen LogP contribution < -0.4 is 5.32 Å². The molecule has 0 saturated carbocycles. The first-order chi connectivity index (χ1) is 14.1. The van der Waals surface area contributed by atoms with Crippen LogP contribution in [0.5, 0.6) is 0 Å². The highest BCUT2D eigenvalue weighted by Crippen LogP contribution is 2.36. The number of amides is 2. The van der Waals surface area contributed by atoms with Crippen molar-refractivity contribution < 1.29 is 22.8 Å². The highest BCUT2D eigenvalue weighted by Gasteiger charge is 2.34. The zero-order valence-electron chi connectivity index (χ0n) is 15.7. The molecule has 3 rings (SSSR count). The first kappa shape index (κ1) is 22.4. The Morgan fingerprint density at radius 1 is 1.00 bits per heavy atom. The summed E-state index contributed by atoms with van der Waals surface area (Å²) in [5.74, 6) is -0.769. The maximum absolute atomic E-state index is 13.2. The predicted octanol–water partition coefficient (Wildman–Crippen LogP) is 4.41. The Balaban J connectivity index is 1.56. The van der Waals surface area contributed by atoms with Crippen LogP contribution in [0, 0.1) is 0 Å². The van der Waals surface area contributed by atoms with Gasteiger partial charge in [0, 0.05) is 31.2 Å². The number of rotatable bonds is 4. The molecule has 10 heteroatoms. The Morgan fingerprint density at radius 2 is 1.67 bits per heavy atom. The van der Waals surface area contributed by atoms with E-state index in [2.05, 4.69) is 5.32 Å². The third kappa shape index (κ3) is 5.44. The molecule has 0 aliphatic carbocycles. The van der Waals surface area contributed by atoms with Gasteiger partial charge in [-0.1, -0.05) is 35.3 Å². The van der Waals surface area contributed by atoms with Gasteiger partial charge in [-0.15, -0.1) is 0 Å². The van der Waals surface area contributed by atoms with Crippen molar-refractivity contribution >= 4 is 40.7 Å². The molecule has 2 amide bonds. The molecule has 1 fully saturated rings. The minimum atomic E-state index is -4.64. The maximum Gasteiger partial charge on any atom is 0.418 e. The molecule has 1 heterocycles. The number of hydrogen-bond donors (Lipinski definition) is 1. The third-order valence-corrected chi connectivity index (χ3v) is 5.26. The number of hydrogen-bond acceptors (Lipinski definition) is 3. The molecule has 5 nitrogen and oxygen atoms in total. The number of anilines is 1. The van der Waals surface area contributed by atoms with E-state index in [1.54, 1.807) is 34.1 Å². The van der Waals surface area contributed by atoms with Gasteiger partial charge in [-0.2, -0.15) is 13.2 Å². The fourth-order valence-corrected chi connectivity index (χ4v) is 3.56. The second-order valence-electron chi connectivity index (χ2n) is 6.78. The topological polar surface area (TPSA) is 52.7 Å². The average Bonchev–Trinajstić information content (AvgIpc) is 2.69. The Kier molecular flexibility index (Phi) is 6.90. The normalized spacial score (nSPS) is 15.2. The number of nitrogens with one attached hydrogen (secondary N) is 1. The van der Waals surface area contributed by atoms with Gasteiger partial charge in [-0.05, 0) is 30.3 Å². The van der Waals surface area contributed by atoms with Crippen molar-refractivity contribution in [2.45, 2.75) is 6.18 Å². The molecule has 0 radical (unpaired) electrons. The Bertz CT molecular complexity index is 945. The van der Waals surface area contributed by atoms with Crippen LogP contribution in [0.25, 0.3) is 0 Å². The van der Waals surface area contributed by atoms with E-state index >= 15 is 0 Å². The zero-order valence-corrected chi connectivity index (χ0v) is 17.2. The fourth-order valence-electron chi connectivity index (χ4n) is 3.17. The van der Waals surface area contributed by atoms with Crippen LogP contribution in [0.3, 0.4) is 0 Å². The molecule has 2 aromatic rings. The van der Waals surface area contributed by atoms with Crippen molar-refractivity contribution in [1.29, 1.82) is 0 Å². The second kappa shape index (κ2) is 9.24.